The Balaban J connectivity index is 2.20. The number of aromatic nitrogens is 1. The van der Waals surface area contributed by atoms with E-state index in [1.807, 2.05) is 12.3 Å². The number of hydrogen-bond acceptors (Lipinski definition) is 3. The average Bonchev–Trinajstić information content (AvgIpc) is 2.43. The van der Waals surface area contributed by atoms with Gasteiger partial charge in [-0.25, -0.2) is 0 Å². The second-order valence-corrected chi connectivity index (χ2v) is 5.47. The fraction of sp³-hybridized carbons (Fsp3) is 0.438. The molecule has 0 aliphatic rings. The van der Waals surface area contributed by atoms with Crippen LogP contribution in [0.2, 0.25) is 0 Å². The Labute approximate surface area is 115 Å². The van der Waals surface area contributed by atoms with Gasteiger partial charge in [-0.3, -0.25) is 16.3 Å². The van der Waals surface area contributed by atoms with Crippen LogP contribution in [0.3, 0.4) is 0 Å². The molecule has 0 fully saturated rings. The summed E-state index contributed by atoms with van der Waals surface area (Å²) in [6.45, 7) is 4.51. The van der Waals surface area contributed by atoms with Crippen LogP contribution in [0.1, 0.15) is 44.7 Å². The lowest BCUT2D eigenvalue weighted by Crippen LogP contribution is -2.28. The van der Waals surface area contributed by atoms with Crippen molar-refractivity contribution in [2.24, 2.45) is 11.8 Å². The van der Waals surface area contributed by atoms with Crippen molar-refractivity contribution in [2.75, 3.05) is 0 Å². The number of para-hydroxylation sites is 1. The first kappa shape index (κ1) is 14.0. The molecule has 3 N–H and O–H groups in total. The molecule has 102 valence electrons. The molecular formula is C16H23N3. The minimum atomic E-state index is 0.178. The van der Waals surface area contributed by atoms with Gasteiger partial charge in [-0.15, -0.1) is 0 Å². The molecule has 0 radical (unpaired) electrons. The molecule has 1 unspecified atom stereocenters. The molecule has 2 rings (SSSR count). The first-order valence-corrected chi connectivity index (χ1v) is 7.02. The first-order chi connectivity index (χ1) is 9.22. The molecular weight excluding hydrogens is 234 g/mol. The number of hydrazine groups is 1. The summed E-state index contributed by atoms with van der Waals surface area (Å²) < 4.78 is 0. The number of nitrogens with zero attached hydrogens (tertiary/aromatic N) is 1. The second kappa shape index (κ2) is 6.64. The van der Waals surface area contributed by atoms with Gasteiger partial charge in [-0.1, -0.05) is 51.0 Å². The van der Waals surface area contributed by atoms with Gasteiger partial charge in [0, 0.05) is 17.6 Å². The summed E-state index contributed by atoms with van der Waals surface area (Å²) in [5.41, 5.74) is 5.20. The molecule has 0 aliphatic heterocycles. The standard InChI is InChI=1S/C16H23N3/c1-12(2)6-3-10-15(19-17)14-9-4-7-13-8-5-11-18-16(13)14/h4-5,7-9,11-12,15,19H,3,6,10,17H2,1-2H3. The molecule has 19 heavy (non-hydrogen) atoms. The third kappa shape index (κ3) is 3.52. The van der Waals surface area contributed by atoms with Crippen LogP contribution in [0.5, 0.6) is 0 Å². The SMILES string of the molecule is CC(C)CCCC(NN)c1cccc2cccnc12. The Morgan fingerprint density at radius 1 is 1.16 bits per heavy atom. The van der Waals surface area contributed by atoms with Crippen LogP contribution in [0.25, 0.3) is 10.9 Å². The molecule has 1 heterocycles. The number of fused-ring (bicyclic) bond motifs is 1. The molecule has 0 spiro atoms. The van der Waals surface area contributed by atoms with Gasteiger partial charge in [0.2, 0.25) is 0 Å². The van der Waals surface area contributed by atoms with Crippen molar-refractivity contribution in [3.05, 3.63) is 42.1 Å². The van der Waals surface area contributed by atoms with Crippen LogP contribution in [0, 0.1) is 5.92 Å². The van der Waals surface area contributed by atoms with Gasteiger partial charge in [0.25, 0.3) is 0 Å². The smallest absolute Gasteiger partial charge is 0.0750 e. The van der Waals surface area contributed by atoms with Gasteiger partial charge in [-0.05, 0) is 24.0 Å². The van der Waals surface area contributed by atoms with E-state index in [-0.39, 0.29) is 6.04 Å². The van der Waals surface area contributed by atoms with Crippen molar-refractivity contribution in [3.63, 3.8) is 0 Å². The van der Waals surface area contributed by atoms with E-state index in [4.69, 9.17) is 5.84 Å². The van der Waals surface area contributed by atoms with E-state index in [9.17, 15) is 0 Å². The average molecular weight is 257 g/mol. The van der Waals surface area contributed by atoms with E-state index >= 15 is 0 Å². The highest BCUT2D eigenvalue weighted by Gasteiger charge is 2.13. The second-order valence-electron chi connectivity index (χ2n) is 5.47. The Morgan fingerprint density at radius 2 is 1.95 bits per heavy atom. The van der Waals surface area contributed by atoms with E-state index in [0.717, 1.165) is 17.9 Å². The maximum Gasteiger partial charge on any atom is 0.0750 e. The fourth-order valence-electron chi connectivity index (χ4n) is 2.47. The molecule has 0 aliphatic carbocycles. The van der Waals surface area contributed by atoms with Gasteiger partial charge in [0.1, 0.15) is 0 Å². The number of pyridine rings is 1. The topological polar surface area (TPSA) is 50.9 Å². The summed E-state index contributed by atoms with van der Waals surface area (Å²) in [4.78, 5) is 4.50. The Bertz CT molecular complexity index is 517. The van der Waals surface area contributed by atoms with Gasteiger partial charge in [-0.2, -0.15) is 0 Å². The van der Waals surface area contributed by atoms with Crippen molar-refractivity contribution in [1.29, 1.82) is 0 Å². The van der Waals surface area contributed by atoms with Crippen LogP contribution in [0.15, 0.2) is 36.5 Å². The molecule has 3 nitrogen and oxygen atoms in total. The zero-order chi connectivity index (χ0) is 13.7. The Hall–Kier alpha value is -1.45. The van der Waals surface area contributed by atoms with E-state index < -0.39 is 0 Å². The Kier molecular flexibility index (Phi) is 4.88. The first-order valence-electron chi connectivity index (χ1n) is 7.02. The maximum absolute atomic E-state index is 5.73. The highest BCUT2D eigenvalue weighted by atomic mass is 15.2. The van der Waals surface area contributed by atoms with Gasteiger partial charge in [0.05, 0.1) is 5.52 Å². The zero-order valence-electron chi connectivity index (χ0n) is 11.8. The van der Waals surface area contributed by atoms with Crippen LogP contribution in [-0.4, -0.2) is 4.98 Å². The van der Waals surface area contributed by atoms with Gasteiger partial charge < -0.3 is 0 Å². The predicted molar refractivity (Wildman–Crippen MR) is 80.5 cm³/mol. The summed E-state index contributed by atoms with van der Waals surface area (Å²) in [5.74, 6) is 6.47. The summed E-state index contributed by atoms with van der Waals surface area (Å²) in [6, 6.07) is 10.5. The van der Waals surface area contributed by atoms with Crippen molar-refractivity contribution in [3.8, 4) is 0 Å². The number of hydrogen-bond donors (Lipinski definition) is 2. The van der Waals surface area contributed by atoms with Crippen LogP contribution < -0.4 is 11.3 Å². The molecule has 1 aromatic heterocycles. The molecule has 0 saturated heterocycles. The van der Waals surface area contributed by atoms with E-state index in [2.05, 4.69) is 48.5 Å². The molecule has 0 bridgehead atoms. The molecule has 3 heteroatoms. The predicted octanol–water partition coefficient (Wildman–Crippen LogP) is 3.57. The monoisotopic (exact) mass is 257 g/mol. The third-order valence-electron chi connectivity index (χ3n) is 3.51. The van der Waals surface area contributed by atoms with Crippen molar-refractivity contribution in [2.45, 2.75) is 39.2 Å². The van der Waals surface area contributed by atoms with E-state index in [0.29, 0.717) is 0 Å². The van der Waals surface area contributed by atoms with Crippen molar-refractivity contribution < 1.29 is 0 Å². The van der Waals surface area contributed by atoms with Crippen LogP contribution in [-0.2, 0) is 0 Å². The van der Waals surface area contributed by atoms with E-state index in [1.165, 1.54) is 23.8 Å². The minimum absolute atomic E-state index is 0.178. The normalized spacial score (nSPS) is 13.1. The number of nitrogens with two attached hydrogens (primary N) is 1. The zero-order valence-corrected chi connectivity index (χ0v) is 11.8. The minimum Gasteiger partial charge on any atom is -0.271 e. The van der Waals surface area contributed by atoms with Gasteiger partial charge in [0.15, 0.2) is 0 Å². The summed E-state index contributed by atoms with van der Waals surface area (Å²) in [6.07, 6.45) is 5.30. The van der Waals surface area contributed by atoms with Crippen molar-refractivity contribution in [1.82, 2.24) is 10.4 Å². The lowest BCUT2D eigenvalue weighted by Gasteiger charge is -2.18. The summed E-state index contributed by atoms with van der Waals surface area (Å²) in [7, 11) is 0. The number of benzene rings is 1. The lowest BCUT2D eigenvalue weighted by atomic mass is 9.96. The van der Waals surface area contributed by atoms with E-state index in [1.54, 1.807) is 0 Å². The third-order valence-corrected chi connectivity index (χ3v) is 3.51. The lowest BCUT2D eigenvalue weighted by molar-refractivity contribution is 0.456. The highest BCUT2D eigenvalue weighted by molar-refractivity contribution is 5.81. The summed E-state index contributed by atoms with van der Waals surface area (Å²) >= 11 is 0. The molecule has 2 aromatic rings. The largest absolute Gasteiger partial charge is 0.271 e. The molecule has 0 saturated carbocycles. The van der Waals surface area contributed by atoms with Gasteiger partial charge >= 0.3 is 0 Å². The van der Waals surface area contributed by atoms with Crippen LogP contribution >= 0.6 is 0 Å². The quantitative estimate of drug-likeness (QED) is 0.614. The highest BCUT2D eigenvalue weighted by Crippen LogP contribution is 2.26. The summed E-state index contributed by atoms with van der Waals surface area (Å²) in [5, 5.41) is 1.17. The van der Waals surface area contributed by atoms with Crippen LogP contribution in [0.4, 0.5) is 0 Å². The number of rotatable bonds is 6. The molecule has 1 atom stereocenters. The number of nitrogens with one attached hydrogen (secondary N) is 1. The maximum atomic E-state index is 5.73. The molecule has 0 amide bonds. The Morgan fingerprint density at radius 3 is 2.68 bits per heavy atom. The fourth-order valence-corrected chi connectivity index (χ4v) is 2.47. The molecule has 1 aromatic carbocycles. The van der Waals surface area contributed by atoms with Crippen molar-refractivity contribution >= 4 is 10.9 Å².